The highest BCUT2D eigenvalue weighted by Crippen LogP contribution is 2.15. The molecule has 0 aliphatic carbocycles. The molecule has 1 aromatic carbocycles. The number of hydrogen-bond donors (Lipinski definition) is 3. The number of nitrogens with two attached hydrogens (primary N) is 2. The normalized spacial score (nSPS) is 8.00. The van der Waals surface area contributed by atoms with Gasteiger partial charge in [0.15, 0.2) is 0 Å². The first kappa shape index (κ1) is 14.2. The fourth-order valence-corrected chi connectivity index (χ4v) is 0.846. The number of thiocarbonyl (C=S) groups is 1. The number of nitriles is 1. The van der Waals surface area contributed by atoms with E-state index in [1.807, 2.05) is 6.07 Å². The molecule has 0 unspecified atom stereocenters. The van der Waals surface area contributed by atoms with Crippen molar-refractivity contribution in [2.24, 2.45) is 11.5 Å². The summed E-state index contributed by atoms with van der Waals surface area (Å²) in [5, 5.41) is 7.89. The van der Waals surface area contributed by atoms with Crippen molar-refractivity contribution < 1.29 is 9.53 Å². The molecular weight excluding hydrogens is 246 g/mol. The summed E-state index contributed by atoms with van der Waals surface area (Å²) in [5.41, 5.74) is 9.91. The van der Waals surface area contributed by atoms with Crippen LogP contribution in [-0.4, -0.2) is 10.4 Å². The lowest BCUT2D eigenvalue weighted by Crippen LogP contribution is -2.16. The molecule has 84 valence electrons. The van der Waals surface area contributed by atoms with Crippen LogP contribution >= 0.6 is 24.8 Å². The van der Waals surface area contributed by atoms with Gasteiger partial charge in [-0.2, -0.15) is 5.26 Å². The van der Waals surface area contributed by atoms with E-state index < -0.39 is 5.24 Å². The van der Waals surface area contributed by atoms with Crippen molar-refractivity contribution in [1.82, 2.24) is 0 Å². The van der Waals surface area contributed by atoms with E-state index in [1.54, 1.807) is 24.3 Å². The van der Waals surface area contributed by atoms with Gasteiger partial charge in [0.05, 0.1) is 5.56 Å². The SMILES string of the molecule is N#Cc1ccccc1OC(N)=S.NC(=O)S. The fourth-order valence-electron chi connectivity index (χ4n) is 0.756. The Kier molecular flexibility index (Phi) is 6.67. The van der Waals surface area contributed by atoms with E-state index in [-0.39, 0.29) is 5.17 Å². The number of ether oxygens (including phenoxy) is 1. The highest BCUT2D eigenvalue weighted by molar-refractivity contribution is 7.96. The molecule has 0 saturated carbocycles. The lowest BCUT2D eigenvalue weighted by atomic mass is 10.2. The van der Waals surface area contributed by atoms with E-state index in [4.69, 9.17) is 20.5 Å². The molecule has 0 aromatic heterocycles. The van der Waals surface area contributed by atoms with E-state index in [1.165, 1.54) is 0 Å². The van der Waals surface area contributed by atoms with Crippen LogP contribution in [-0.2, 0) is 0 Å². The standard InChI is InChI=1S/C8H6N2OS.CH3NOS/c9-5-6-3-1-2-4-7(6)11-8(10)12;2-1(3)4/h1-4H,(H2,10,12);(H3,2,3,4). The molecule has 0 radical (unpaired) electrons. The second-order valence-corrected chi connectivity index (χ2v) is 3.21. The molecule has 1 amide bonds. The number of carbonyl (C=O) groups excluding carboxylic acids is 1. The number of rotatable bonds is 1. The summed E-state index contributed by atoms with van der Waals surface area (Å²) in [6.07, 6.45) is 0. The quantitative estimate of drug-likeness (QED) is 0.516. The van der Waals surface area contributed by atoms with E-state index in [2.05, 4.69) is 30.6 Å². The van der Waals surface area contributed by atoms with Crippen LogP contribution in [0.3, 0.4) is 0 Å². The molecule has 0 saturated heterocycles. The predicted molar refractivity (Wildman–Crippen MR) is 67.1 cm³/mol. The second kappa shape index (κ2) is 7.50. The van der Waals surface area contributed by atoms with Gasteiger partial charge in [0.25, 0.3) is 10.4 Å². The molecule has 5 nitrogen and oxygen atoms in total. The average Bonchev–Trinajstić information content (AvgIpc) is 2.17. The van der Waals surface area contributed by atoms with Crippen LogP contribution in [0.5, 0.6) is 5.75 Å². The van der Waals surface area contributed by atoms with Crippen molar-refractivity contribution in [2.45, 2.75) is 0 Å². The average molecular weight is 255 g/mol. The highest BCUT2D eigenvalue weighted by atomic mass is 32.1. The van der Waals surface area contributed by atoms with Gasteiger partial charge in [0.2, 0.25) is 0 Å². The molecule has 7 heteroatoms. The van der Waals surface area contributed by atoms with E-state index >= 15 is 0 Å². The number of nitrogens with zero attached hydrogens (tertiary/aromatic N) is 1. The Balaban J connectivity index is 0.000000487. The van der Waals surface area contributed by atoms with Crippen molar-refractivity contribution in [3.05, 3.63) is 29.8 Å². The van der Waals surface area contributed by atoms with Crippen LogP contribution in [0.25, 0.3) is 0 Å². The number of primary amides is 1. The van der Waals surface area contributed by atoms with Gasteiger partial charge in [-0.15, -0.1) is 0 Å². The topological polar surface area (TPSA) is 102 Å². The number of carbonyl (C=O) groups is 1. The smallest absolute Gasteiger partial charge is 0.273 e. The van der Waals surface area contributed by atoms with Gasteiger partial charge in [-0.05, 0) is 24.4 Å². The van der Waals surface area contributed by atoms with Crippen molar-refractivity contribution in [2.75, 3.05) is 0 Å². The molecule has 4 N–H and O–H groups in total. The zero-order valence-corrected chi connectivity index (χ0v) is 9.79. The number of hydrogen-bond acceptors (Lipinski definition) is 4. The summed E-state index contributed by atoms with van der Waals surface area (Å²) >= 11 is 7.64. The first-order chi connectivity index (χ1) is 7.47. The van der Waals surface area contributed by atoms with Crippen LogP contribution in [0.4, 0.5) is 4.79 Å². The number of amides is 1. The first-order valence-electron chi connectivity index (χ1n) is 3.92. The molecular formula is C9H9N3O2S2. The third-order valence-corrected chi connectivity index (χ3v) is 1.30. The van der Waals surface area contributed by atoms with Gasteiger partial charge in [-0.1, -0.05) is 24.8 Å². The molecule has 0 spiro atoms. The maximum atomic E-state index is 9.09. The second-order valence-electron chi connectivity index (χ2n) is 2.37. The number of para-hydroxylation sites is 1. The zero-order valence-electron chi connectivity index (χ0n) is 8.08. The highest BCUT2D eigenvalue weighted by Gasteiger charge is 2.01. The Hall–Kier alpha value is -1.78. The van der Waals surface area contributed by atoms with Crippen LogP contribution in [0.1, 0.15) is 5.56 Å². The molecule has 0 aliphatic rings. The monoisotopic (exact) mass is 255 g/mol. The summed E-state index contributed by atoms with van der Waals surface area (Å²) in [7, 11) is 0. The van der Waals surface area contributed by atoms with E-state index in [0.717, 1.165) is 0 Å². The minimum Gasteiger partial charge on any atom is -0.431 e. The summed E-state index contributed by atoms with van der Waals surface area (Å²) in [4.78, 5) is 9.09. The Morgan fingerprint density at radius 2 is 1.94 bits per heavy atom. The molecule has 1 rings (SSSR count). The van der Waals surface area contributed by atoms with Gasteiger partial charge >= 0.3 is 0 Å². The molecule has 16 heavy (non-hydrogen) atoms. The summed E-state index contributed by atoms with van der Waals surface area (Å²) in [6, 6.07) is 8.72. The maximum Gasteiger partial charge on any atom is 0.273 e. The summed E-state index contributed by atoms with van der Waals surface area (Å²) < 4.78 is 4.92. The largest absolute Gasteiger partial charge is 0.431 e. The van der Waals surface area contributed by atoms with Crippen molar-refractivity contribution in [1.29, 1.82) is 5.26 Å². The lowest BCUT2D eigenvalue weighted by molar-refractivity contribution is 0.267. The molecule has 1 aromatic rings. The van der Waals surface area contributed by atoms with Gasteiger partial charge in [-0.3, -0.25) is 4.79 Å². The molecule has 0 bridgehead atoms. The van der Waals surface area contributed by atoms with Crippen LogP contribution in [0.15, 0.2) is 24.3 Å². The van der Waals surface area contributed by atoms with E-state index in [9.17, 15) is 0 Å². The molecule has 0 heterocycles. The van der Waals surface area contributed by atoms with E-state index in [0.29, 0.717) is 11.3 Å². The summed E-state index contributed by atoms with van der Waals surface area (Å²) in [5.74, 6) is 0.396. The third-order valence-electron chi connectivity index (χ3n) is 1.22. The fraction of sp³-hybridized carbons (Fsp3) is 0. The van der Waals surface area contributed by atoms with Gasteiger partial charge in [-0.25, -0.2) is 0 Å². The van der Waals surface area contributed by atoms with Crippen LogP contribution < -0.4 is 16.2 Å². The zero-order chi connectivity index (χ0) is 12.6. The summed E-state index contributed by atoms with van der Waals surface area (Å²) in [6.45, 7) is 0. The molecule has 0 aliphatic heterocycles. The molecule has 0 atom stereocenters. The van der Waals surface area contributed by atoms with Crippen molar-refractivity contribution in [3.63, 3.8) is 0 Å². The Bertz CT molecular complexity index is 425. The maximum absolute atomic E-state index is 9.09. The van der Waals surface area contributed by atoms with Crippen molar-refractivity contribution in [3.8, 4) is 11.8 Å². The Morgan fingerprint density at radius 3 is 2.38 bits per heavy atom. The third kappa shape index (κ3) is 6.64. The minimum atomic E-state index is -0.639. The van der Waals surface area contributed by atoms with Gasteiger partial charge in [0.1, 0.15) is 11.8 Å². The van der Waals surface area contributed by atoms with Crippen molar-refractivity contribution >= 4 is 35.3 Å². The first-order valence-corrected chi connectivity index (χ1v) is 4.77. The number of benzene rings is 1. The lowest BCUT2D eigenvalue weighted by Gasteiger charge is -2.02. The Morgan fingerprint density at radius 1 is 1.44 bits per heavy atom. The number of thiol groups is 1. The molecule has 0 fully saturated rings. The minimum absolute atomic E-state index is 0.0855. The van der Waals surface area contributed by atoms with Gasteiger partial charge < -0.3 is 16.2 Å². The predicted octanol–water partition coefficient (Wildman–Crippen LogP) is 1.18. The van der Waals surface area contributed by atoms with Crippen LogP contribution in [0, 0.1) is 11.3 Å². The Labute approximate surface area is 103 Å². The van der Waals surface area contributed by atoms with Crippen LogP contribution in [0.2, 0.25) is 0 Å². The van der Waals surface area contributed by atoms with Gasteiger partial charge in [0, 0.05) is 0 Å².